The molecule has 1 saturated carbocycles. The normalized spacial score (nSPS) is 21.0. The lowest BCUT2D eigenvalue weighted by Gasteiger charge is -2.48. The molecule has 2 fully saturated rings. The Labute approximate surface area is 196 Å². The summed E-state index contributed by atoms with van der Waals surface area (Å²) in [6.07, 6.45) is 7.41. The van der Waals surface area contributed by atoms with Crippen LogP contribution in [0.3, 0.4) is 0 Å². The minimum absolute atomic E-state index is 0. The van der Waals surface area contributed by atoms with E-state index in [1.165, 1.54) is 37.7 Å². The largest absolute Gasteiger partial charge is 0.454 e. The number of ether oxygens (including phenoxy) is 3. The van der Waals surface area contributed by atoms with E-state index >= 15 is 0 Å². The van der Waals surface area contributed by atoms with E-state index in [2.05, 4.69) is 32.7 Å². The molecule has 0 aromatic heterocycles. The van der Waals surface area contributed by atoms with Crippen LogP contribution in [0, 0.1) is 0 Å². The van der Waals surface area contributed by atoms with Crippen LogP contribution < -0.4 is 20.1 Å². The maximum atomic E-state index is 5.59. The Morgan fingerprint density at radius 1 is 1.07 bits per heavy atom. The fourth-order valence-corrected chi connectivity index (χ4v) is 4.74. The SMILES string of the molecule is CN=C(NCCc1ccc2c(c1)OCO2)NCC1(N2CCOCC2)CCCCC1.I. The van der Waals surface area contributed by atoms with Gasteiger partial charge in [-0.1, -0.05) is 25.3 Å². The molecule has 1 aromatic carbocycles. The number of benzene rings is 1. The first kappa shape index (κ1) is 23.4. The molecule has 30 heavy (non-hydrogen) atoms. The lowest BCUT2D eigenvalue weighted by atomic mass is 9.80. The molecular weight excluding hydrogens is 495 g/mol. The third-order valence-electron chi connectivity index (χ3n) is 6.42. The van der Waals surface area contributed by atoms with Gasteiger partial charge in [-0.15, -0.1) is 24.0 Å². The lowest BCUT2D eigenvalue weighted by Crippen LogP contribution is -2.60. The molecular formula is C22H35IN4O3. The van der Waals surface area contributed by atoms with Crippen molar-refractivity contribution in [1.29, 1.82) is 0 Å². The van der Waals surface area contributed by atoms with E-state index in [4.69, 9.17) is 14.2 Å². The standard InChI is InChI=1S/C22H34N4O3.HI/c1-23-21(24-10-7-18-5-6-19-20(15-18)29-17-28-19)25-16-22(8-3-2-4-9-22)26-11-13-27-14-12-26;/h5-6,15H,2-4,7-14,16-17H2,1H3,(H2,23,24,25);1H. The molecule has 0 atom stereocenters. The molecule has 0 amide bonds. The Morgan fingerprint density at radius 3 is 2.60 bits per heavy atom. The molecule has 3 aliphatic rings. The Balaban J connectivity index is 0.00000256. The highest BCUT2D eigenvalue weighted by molar-refractivity contribution is 14.0. The maximum Gasteiger partial charge on any atom is 0.231 e. The Morgan fingerprint density at radius 2 is 1.83 bits per heavy atom. The highest BCUT2D eigenvalue weighted by Gasteiger charge is 2.38. The average Bonchev–Trinajstić information content (AvgIpc) is 3.25. The zero-order chi connectivity index (χ0) is 19.9. The average molecular weight is 530 g/mol. The summed E-state index contributed by atoms with van der Waals surface area (Å²) in [7, 11) is 1.85. The number of nitrogens with one attached hydrogen (secondary N) is 2. The maximum absolute atomic E-state index is 5.59. The Hall–Kier alpha value is -1.26. The van der Waals surface area contributed by atoms with Gasteiger partial charge in [0.15, 0.2) is 17.5 Å². The number of hydrogen-bond acceptors (Lipinski definition) is 5. The molecule has 7 nitrogen and oxygen atoms in total. The first-order valence-corrected chi connectivity index (χ1v) is 10.9. The molecule has 1 saturated heterocycles. The summed E-state index contributed by atoms with van der Waals surface area (Å²) in [6.45, 7) is 5.86. The first-order chi connectivity index (χ1) is 14.3. The molecule has 0 radical (unpaired) electrons. The smallest absolute Gasteiger partial charge is 0.231 e. The zero-order valence-electron chi connectivity index (χ0n) is 18.0. The summed E-state index contributed by atoms with van der Waals surface area (Å²) >= 11 is 0. The van der Waals surface area contributed by atoms with Gasteiger partial charge in [-0.25, -0.2) is 0 Å². The van der Waals surface area contributed by atoms with Crippen LogP contribution in [0.5, 0.6) is 11.5 Å². The molecule has 2 aliphatic heterocycles. The minimum Gasteiger partial charge on any atom is -0.454 e. The van der Waals surface area contributed by atoms with E-state index < -0.39 is 0 Å². The number of hydrogen-bond donors (Lipinski definition) is 2. The number of fused-ring (bicyclic) bond motifs is 1. The number of halogens is 1. The zero-order valence-corrected chi connectivity index (χ0v) is 20.3. The molecule has 2 heterocycles. The second-order valence-corrected chi connectivity index (χ2v) is 8.17. The van der Waals surface area contributed by atoms with E-state index in [0.717, 1.165) is 63.3 Å². The molecule has 1 aromatic rings. The summed E-state index contributed by atoms with van der Waals surface area (Å²) in [5.74, 6) is 2.55. The van der Waals surface area contributed by atoms with Crippen molar-refractivity contribution in [2.45, 2.75) is 44.1 Å². The number of aliphatic imine (C=N–C) groups is 1. The van der Waals surface area contributed by atoms with Gasteiger partial charge in [0.2, 0.25) is 6.79 Å². The number of rotatable bonds is 6. The molecule has 0 unspecified atom stereocenters. The molecule has 168 valence electrons. The monoisotopic (exact) mass is 530 g/mol. The van der Waals surface area contributed by atoms with E-state index in [-0.39, 0.29) is 29.5 Å². The van der Waals surface area contributed by atoms with Crippen LogP contribution >= 0.6 is 24.0 Å². The predicted molar refractivity (Wildman–Crippen MR) is 129 cm³/mol. The van der Waals surface area contributed by atoms with Crippen LogP contribution in [0.1, 0.15) is 37.7 Å². The highest BCUT2D eigenvalue weighted by atomic mass is 127. The number of guanidine groups is 1. The molecule has 8 heteroatoms. The second-order valence-electron chi connectivity index (χ2n) is 8.17. The van der Waals surface area contributed by atoms with Gasteiger partial charge in [-0.2, -0.15) is 0 Å². The van der Waals surface area contributed by atoms with E-state index in [0.29, 0.717) is 6.79 Å². The molecule has 4 rings (SSSR count). The summed E-state index contributed by atoms with van der Waals surface area (Å²) in [6, 6.07) is 6.15. The van der Waals surface area contributed by atoms with Gasteiger partial charge >= 0.3 is 0 Å². The lowest BCUT2D eigenvalue weighted by molar-refractivity contribution is -0.0352. The van der Waals surface area contributed by atoms with Gasteiger partial charge in [0.1, 0.15) is 0 Å². The van der Waals surface area contributed by atoms with Gasteiger partial charge in [0.25, 0.3) is 0 Å². The topological polar surface area (TPSA) is 67.4 Å². The van der Waals surface area contributed by atoms with Crippen LogP contribution in [0.4, 0.5) is 0 Å². The second kappa shape index (κ2) is 11.4. The fraction of sp³-hybridized carbons (Fsp3) is 0.682. The Bertz CT molecular complexity index is 704. The van der Waals surface area contributed by atoms with Gasteiger partial charge in [-0.3, -0.25) is 9.89 Å². The van der Waals surface area contributed by atoms with Crippen LogP contribution in [0.25, 0.3) is 0 Å². The van der Waals surface area contributed by atoms with Gasteiger partial charge < -0.3 is 24.8 Å². The predicted octanol–water partition coefficient (Wildman–Crippen LogP) is 2.78. The molecule has 0 spiro atoms. The van der Waals surface area contributed by atoms with Crippen LogP contribution in [-0.2, 0) is 11.2 Å². The quantitative estimate of drug-likeness (QED) is 0.335. The minimum atomic E-state index is 0. The molecule has 0 bridgehead atoms. The van der Waals surface area contributed by atoms with Gasteiger partial charge in [0.05, 0.1) is 13.2 Å². The molecule has 1 aliphatic carbocycles. The summed E-state index contributed by atoms with van der Waals surface area (Å²) in [4.78, 5) is 7.10. The Kier molecular flexibility index (Phi) is 8.88. The van der Waals surface area contributed by atoms with E-state index in [1.54, 1.807) is 0 Å². The van der Waals surface area contributed by atoms with Gasteiger partial charge in [0, 0.05) is 38.8 Å². The third kappa shape index (κ3) is 5.70. The highest BCUT2D eigenvalue weighted by Crippen LogP contribution is 2.34. The van der Waals surface area contributed by atoms with Crippen molar-refractivity contribution in [3.63, 3.8) is 0 Å². The third-order valence-corrected chi connectivity index (χ3v) is 6.42. The van der Waals surface area contributed by atoms with Gasteiger partial charge in [-0.05, 0) is 37.0 Å². The van der Waals surface area contributed by atoms with Crippen molar-refractivity contribution < 1.29 is 14.2 Å². The van der Waals surface area contributed by atoms with Crippen molar-refractivity contribution in [3.05, 3.63) is 23.8 Å². The van der Waals surface area contributed by atoms with Crippen molar-refractivity contribution in [3.8, 4) is 11.5 Å². The number of morpholine rings is 1. The molecule has 2 N–H and O–H groups in total. The number of nitrogens with zero attached hydrogens (tertiary/aromatic N) is 2. The van der Waals surface area contributed by atoms with Crippen LogP contribution in [-0.4, -0.2) is 69.6 Å². The van der Waals surface area contributed by atoms with Crippen molar-refractivity contribution in [2.24, 2.45) is 4.99 Å². The van der Waals surface area contributed by atoms with Crippen LogP contribution in [0.15, 0.2) is 23.2 Å². The van der Waals surface area contributed by atoms with E-state index in [1.807, 2.05) is 13.1 Å². The van der Waals surface area contributed by atoms with E-state index in [9.17, 15) is 0 Å². The van der Waals surface area contributed by atoms with Crippen molar-refractivity contribution in [1.82, 2.24) is 15.5 Å². The first-order valence-electron chi connectivity index (χ1n) is 10.9. The van der Waals surface area contributed by atoms with Crippen LogP contribution in [0.2, 0.25) is 0 Å². The summed E-state index contributed by atoms with van der Waals surface area (Å²) in [5, 5.41) is 7.09. The van der Waals surface area contributed by atoms with Crippen molar-refractivity contribution >= 4 is 29.9 Å². The summed E-state index contributed by atoms with van der Waals surface area (Å²) in [5.41, 5.74) is 1.46. The van der Waals surface area contributed by atoms with Crippen molar-refractivity contribution in [2.75, 3.05) is 53.2 Å². The summed E-state index contributed by atoms with van der Waals surface area (Å²) < 4.78 is 16.4. The fourth-order valence-electron chi connectivity index (χ4n) is 4.74.